The minimum absolute atomic E-state index is 0.0173. The molecule has 1 N–H and O–H groups in total. The van der Waals surface area contributed by atoms with Crippen molar-refractivity contribution in [3.8, 4) is 5.75 Å². The highest BCUT2D eigenvalue weighted by atomic mass is 19.4. The average Bonchev–Trinajstić information content (AvgIpc) is 2.92. The number of piperazine rings is 1. The molecule has 8 nitrogen and oxygen atoms in total. The van der Waals surface area contributed by atoms with E-state index in [4.69, 9.17) is 9.47 Å². The smallest absolute Gasteiger partial charge is 0.418 e. The number of nitrogens with zero attached hydrogens (tertiary/aromatic N) is 3. The van der Waals surface area contributed by atoms with Crippen LogP contribution in [0.5, 0.6) is 5.75 Å². The fraction of sp³-hybridized carbons (Fsp3) is 0.500. The van der Waals surface area contributed by atoms with Crippen LogP contribution in [-0.4, -0.2) is 62.8 Å². The van der Waals surface area contributed by atoms with Gasteiger partial charge in [-0.3, -0.25) is 4.79 Å². The highest BCUT2D eigenvalue weighted by Crippen LogP contribution is 2.38. The number of anilines is 2. The molecule has 2 aromatic rings. The summed E-state index contributed by atoms with van der Waals surface area (Å²) in [7, 11) is 1.64. The molecule has 2 aromatic carbocycles. The quantitative estimate of drug-likeness (QED) is 0.482. The van der Waals surface area contributed by atoms with Gasteiger partial charge in [0.25, 0.3) is 0 Å². The lowest BCUT2D eigenvalue weighted by Gasteiger charge is -2.36. The highest BCUT2D eigenvalue weighted by molar-refractivity contribution is 5.77. The minimum atomic E-state index is -4.65. The Labute approximate surface area is 213 Å². The van der Waals surface area contributed by atoms with Crippen LogP contribution in [0.25, 0.3) is 0 Å². The van der Waals surface area contributed by atoms with Crippen LogP contribution in [0.15, 0.2) is 47.6 Å². The second-order valence-electron chi connectivity index (χ2n) is 9.32. The maximum absolute atomic E-state index is 13.2. The number of hydrogen-bond donors (Lipinski definition) is 1. The molecule has 1 heterocycles. The van der Waals surface area contributed by atoms with Crippen molar-refractivity contribution >= 4 is 23.0 Å². The average molecular weight is 521 g/mol. The van der Waals surface area contributed by atoms with Gasteiger partial charge in [0.15, 0.2) is 0 Å². The van der Waals surface area contributed by atoms with E-state index in [1.54, 1.807) is 7.11 Å². The molecule has 11 heteroatoms. The molecule has 1 aliphatic heterocycles. The standard InChI is InChI=1S/C26H31F3N4O4/c1-36-22-4-2-3-20(16-22)32-11-13-33(14-12-32)25(34)17-37-21-8-5-18(6-9-21)30-19-7-10-24(31-35)23(15-19)26(27,28)29/h2-4,7,10,15-16,18,21,30H,5-6,8-9,11-14,17H2,1H3. The molecule has 0 atom stereocenters. The zero-order valence-corrected chi connectivity index (χ0v) is 20.7. The van der Waals surface area contributed by atoms with Gasteiger partial charge in [-0.15, -0.1) is 4.91 Å². The summed E-state index contributed by atoms with van der Waals surface area (Å²) in [6.07, 6.45) is -1.91. The Morgan fingerprint density at radius 1 is 1.05 bits per heavy atom. The van der Waals surface area contributed by atoms with Crippen LogP contribution in [0, 0.1) is 4.91 Å². The molecular weight excluding hydrogens is 489 g/mol. The van der Waals surface area contributed by atoms with Crippen LogP contribution >= 0.6 is 0 Å². The number of hydrogen-bond acceptors (Lipinski definition) is 7. The van der Waals surface area contributed by atoms with Crippen LogP contribution in [-0.2, 0) is 15.7 Å². The first-order valence-electron chi connectivity index (χ1n) is 12.4. The number of nitroso groups, excluding NO2 is 1. The molecule has 200 valence electrons. The third kappa shape index (κ3) is 6.91. The molecule has 2 fully saturated rings. The Morgan fingerprint density at radius 2 is 1.78 bits per heavy atom. The molecule has 1 saturated carbocycles. The SMILES string of the molecule is COc1cccc(N2CCN(C(=O)COC3CCC(Nc4ccc(N=O)c(C(F)(F)F)c4)CC3)CC2)c1. The molecule has 0 aromatic heterocycles. The monoisotopic (exact) mass is 520 g/mol. The number of nitrogens with one attached hydrogen (secondary N) is 1. The van der Waals surface area contributed by atoms with Crippen LogP contribution in [0.1, 0.15) is 31.2 Å². The lowest BCUT2D eigenvalue weighted by molar-refractivity contribution is -0.139. The Kier molecular flexibility index (Phi) is 8.52. The zero-order valence-electron chi connectivity index (χ0n) is 20.7. The van der Waals surface area contributed by atoms with E-state index in [2.05, 4.69) is 15.4 Å². The molecule has 1 amide bonds. The first-order valence-corrected chi connectivity index (χ1v) is 12.4. The van der Waals surface area contributed by atoms with Crippen LogP contribution in [0.4, 0.5) is 30.2 Å². The van der Waals surface area contributed by atoms with Gasteiger partial charge in [-0.1, -0.05) is 6.07 Å². The Bertz CT molecular complexity index is 1080. The highest BCUT2D eigenvalue weighted by Gasteiger charge is 2.35. The normalized spacial score (nSPS) is 20.4. The van der Waals surface area contributed by atoms with E-state index in [-0.39, 0.29) is 24.7 Å². The second kappa shape index (κ2) is 11.8. The number of benzene rings is 2. The lowest BCUT2D eigenvalue weighted by Crippen LogP contribution is -2.50. The molecule has 0 unspecified atom stereocenters. The maximum atomic E-state index is 13.2. The van der Waals surface area contributed by atoms with Gasteiger partial charge in [-0.2, -0.15) is 13.2 Å². The summed E-state index contributed by atoms with van der Waals surface area (Å²) in [4.78, 5) is 27.4. The summed E-state index contributed by atoms with van der Waals surface area (Å²) in [5, 5.41) is 5.59. The van der Waals surface area contributed by atoms with Crippen molar-refractivity contribution in [1.82, 2.24) is 4.90 Å². The molecule has 1 aliphatic carbocycles. The minimum Gasteiger partial charge on any atom is -0.497 e. The lowest BCUT2D eigenvalue weighted by atomic mass is 9.92. The number of alkyl halides is 3. The third-order valence-electron chi connectivity index (χ3n) is 6.94. The van der Waals surface area contributed by atoms with Gasteiger partial charge < -0.3 is 24.6 Å². The molecule has 37 heavy (non-hydrogen) atoms. The Balaban J connectivity index is 1.19. The maximum Gasteiger partial charge on any atom is 0.418 e. The number of amides is 1. The number of ether oxygens (including phenoxy) is 2. The molecule has 2 aliphatic rings. The van der Waals surface area contributed by atoms with Gasteiger partial charge in [-0.25, -0.2) is 0 Å². The number of carbonyl (C=O) groups is 1. The van der Waals surface area contributed by atoms with Crippen molar-refractivity contribution < 1.29 is 27.4 Å². The Morgan fingerprint density at radius 3 is 2.43 bits per heavy atom. The van der Waals surface area contributed by atoms with Crippen molar-refractivity contribution in [2.24, 2.45) is 5.18 Å². The van der Waals surface area contributed by atoms with Gasteiger partial charge in [-0.05, 0) is 61.2 Å². The van der Waals surface area contributed by atoms with Crippen molar-refractivity contribution in [2.75, 3.05) is 50.1 Å². The number of halogens is 3. The predicted molar refractivity (Wildman–Crippen MR) is 134 cm³/mol. The van der Waals surface area contributed by atoms with Gasteiger partial charge >= 0.3 is 6.18 Å². The van der Waals surface area contributed by atoms with Gasteiger partial charge in [0.05, 0.1) is 18.8 Å². The summed E-state index contributed by atoms with van der Waals surface area (Å²) in [5.41, 5.74) is -0.305. The molecule has 0 bridgehead atoms. The third-order valence-corrected chi connectivity index (χ3v) is 6.94. The topological polar surface area (TPSA) is 83.5 Å². The molecule has 0 radical (unpaired) electrons. The fourth-order valence-electron chi connectivity index (χ4n) is 4.84. The number of rotatable bonds is 8. The van der Waals surface area contributed by atoms with Crippen molar-refractivity contribution in [2.45, 2.75) is 44.0 Å². The summed E-state index contributed by atoms with van der Waals surface area (Å²) >= 11 is 0. The van der Waals surface area contributed by atoms with E-state index in [0.717, 1.165) is 36.7 Å². The summed E-state index contributed by atoms with van der Waals surface area (Å²) < 4.78 is 50.7. The van der Waals surface area contributed by atoms with E-state index in [1.807, 2.05) is 29.2 Å². The Hall–Kier alpha value is -3.34. The molecular formula is C26H31F3N4O4. The van der Waals surface area contributed by atoms with Gasteiger partial charge in [0.2, 0.25) is 5.91 Å². The summed E-state index contributed by atoms with van der Waals surface area (Å²) in [5.74, 6) is 0.766. The van der Waals surface area contributed by atoms with Gasteiger partial charge in [0.1, 0.15) is 18.0 Å². The van der Waals surface area contributed by atoms with Crippen molar-refractivity contribution in [1.29, 1.82) is 0 Å². The van der Waals surface area contributed by atoms with Crippen LogP contribution < -0.4 is 15.0 Å². The van der Waals surface area contributed by atoms with E-state index in [9.17, 15) is 22.9 Å². The van der Waals surface area contributed by atoms with E-state index in [0.29, 0.717) is 44.5 Å². The second-order valence-corrected chi connectivity index (χ2v) is 9.32. The summed E-state index contributed by atoms with van der Waals surface area (Å²) in [6.45, 7) is 2.73. The predicted octanol–water partition coefficient (Wildman–Crippen LogP) is 5.20. The van der Waals surface area contributed by atoms with Crippen molar-refractivity contribution in [3.05, 3.63) is 52.9 Å². The summed E-state index contributed by atoms with van der Waals surface area (Å²) in [6, 6.07) is 11.3. The molecule has 1 saturated heterocycles. The van der Waals surface area contributed by atoms with Crippen LogP contribution in [0.3, 0.4) is 0 Å². The van der Waals surface area contributed by atoms with E-state index >= 15 is 0 Å². The first-order chi connectivity index (χ1) is 17.8. The number of carbonyl (C=O) groups excluding carboxylic acids is 1. The zero-order chi connectivity index (χ0) is 26.4. The van der Waals surface area contributed by atoms with E-state index < -0.39 is 17.4 Å². The van der Waals surface area contributed by atoms with Gasteiger partial charge in [0, 0.05) is 49.7 Å². The van der Waals surface area contributed by atoms with E-state index in [1.165, 1.54) is 6.07 Å². The largest absolute Gasteiger partial charge is 0.497 e. The van der Waals surface area contributed by atoms with Crippen LogP contribution in [0.2, 0.25) is 0 Å². The van der Waals surface area contributed by atoms with Crippen molar-refractivity contribution in [3.63, 3.8) is 0 Å². The molecule has 4 rings (SSSR count). The number of methoxy groups -OCH3 is 1. The fourth-order valence-corrected chi connectivity index (χ4v) is 4.84. The first kappa shape index (κ1) is 26.7. The molecule has 0 spiro atoms.